The Bertz CT molecular complexity index is 1300. The Morgan fingerprint density at radius 3 is 2.49 bits per heavy atom. The molecule has 11 heteroatoms. The van der Waals surface area contributed by atoms with Crippen LogP contribution in [0.5, 0.6) is 0 Å². The Labute approximate surface area is 203 Å². The molecule has 1 saturated heterocycles. The van der Waals surface area contributed by atoms with E-state index in [1.807, 2.05) is 0 Å². The molecule has 1 heterocycles. The van der Waals surface area contributed by atoms with Gasteiger partial charge in [0.1, 0.15) is 17.8 Å². The van der Waals surface area contributed by atoms with Gasteiger partial charge in [-0.05, 0) is 60.5 Å². The number of aliphatic imine (C=N–C) groups is 1. The fourth-order valence-corrected chi connectivity index (χ4v) is 3.67. The van der Waals surface area contributed by atoms with Gasteiger partial charge in [0.05, 0.1) is 10.7 Å². The summed E-state index contributed by atoms with van der Waals surface area (Å²) in [5, 5.41) is 5.35. The molecule has 1 aliphatic rings. The van der Waals surface area contributed by atoms with Crippen LogP contribution in [-0.4, -0.2) is 18.0 Å². The lowest BCUT2D eigenvalue weighted by atomic mass is 10.0. The first-order valence-electron chi connectivity index (χ1n) is 10.5. The zero-order valence-electron chi connectivity index (χ0n) is 18.3. The van der Waals surface area contributed by atoms with Crippen molar-refractivity contribution in [2.45, 2.75) is 25.6 Å². The number of hydrazine groups is 1. The minimum Gasteiger partial charge on any atom is -0.325 e. The highest BCUT2D eigenvalue weighted by Gasteiger charge is 2.26. The number of hydrogen-bond acceptors (Lipinski definition) is 4. The maximum absolute atomic E-state index is 14.0. The number of carbonyl (C=O) groups is 1. The molecule has 0 saturated carbocycles. The van der Waals surface area contributed by atoms with Crippen molar-refractivity contribution in [3.8, 4) is 0 Å². The second kappa shape index (κ2) is 10.4. The van der Waals surface area contributed by atoms with Crippen molar-refractivity contribution in [2.75, 3.05) is 5.32 Å². The molecule has 0 aromatic heterocycles. The van der Waals surface area contributed by atoms with E-state index in [4.69, 9.17) is 11.6 Å². The highest BCUT2D eigenvalue weighted by atomic mass is 35.5. The van der Waals surface area contributed by atoms with Gasteiger partial charge in [-0.3, -0.25) is 10.1 Å². The lowest BCUT2D eigenvalue weighted by Crippen LogP contribution is -2.39. The maximum atomic E-state index is 14.0. The van der Waals surface area contributed by atoms with Gasteiger partial charge >= 0.3 is 0 Å². The average molecular weight is 506 g/mol. The molecule has 0 aliphatic carbocycles. The van der Waals surface area contributed by atoms with Gasteiger partial charge in [0.15, 0.2) is 11.6 Å². The topological polar surface area (TPSA) is 77.5 Å². The number of amides is 1. The predicted octanol–water partition coefficient (Wildman–Crippen LogP) is 4.97. The molecule has 4 rings (SSSR count). The Hall–Kier alpha value is -3.47. The molecule has 3 aromatic carbocycles. The molecule has 2 unspecified atom stereocenters. The van der Waals surface area contributed by atoms with Crippen LogP contribution in [0.2, 0.25) is 5.02 Å². The summed E-state index contributed by atoms with van der Waals surface area (Å²) in [6, 6.07) is 10.9. The van der Waals surface area contributed by atoms with Gasteiger partial charge in [0.2, 0.25) is 5.96 Å². The number of nitrogens with one attached hydrogen (secondary N) is 4. The van der Waals surface area contributed by atoms with Crippen molar-refractivity contribution in [1.82, 2.24) is 16.2 Å². The largest absolute Gasteiger partial charge is 0.325 e. The number of carbonyl (C=O) groups excluding carboxylic acids is 1. The summed E-state index contributed by atoms with van der Waals surface area (Å²) >= 11 is 6.09. The Balaban J connectivity index is 1.57. The predicted molar refractivity (Wildman–Crippen MR) is 125 cm³/mol. The molecule has 0 bridgehead atoms. The zero-order valence-corrected chi connectivity index (χ0v) is 19.1. The lowest BCUT2D eigenvalue weighted by molar-refractivity contribution is 0.0976. The first-order valence-corrected chi connectivity index (χ1v) is 10.9. The summed E-state index contributed by atoms with van der Waals surface area (Å²) in [4.78, 5) is 17.1. The van der Waals surface area contributed by atoms with Crippen LogP contribution in [0, 0.1) is 30.2 Å². The molecule has 1 fully saturated rings. The molecule has 3 aromatic rings. The fourth-order valence-electron chi connectivity index (χ4n) is 3.46. The van der Waals surface area contributed by atoms with Gasteiger partial charge in [0.25, 0.3) is 5.91 Å². The van der Waals surface area contributed by atoms with Gasteiger partial charge in [-0.2, -0.15) is 0 Å². The number of rotatable bonds is 4. The van der Waals surface area contributed by atoms with Crippen molar-refractivity contribution in [3.63, 3.8) is 0 Å². The van der Waals surface area contributed by atoms with Crippen molar-refractivity contribution >= 4 is 29.2 Å². The highest BCUT2D eigenvalue weighted by Crippen LogP contribution is 2.25. The number of guanidine groups is 1. The molecule has 2 atom stereocenters. The van der Waals surface area contributed by atoms with Gasteiger partial charge in [-0.15, -0.1) is 0 Å². The minimum atomic E-state index is -1.18. The van der Waals surface area contributed by atoms with Crippen LogP contribution < -0.4 is 21.5 Å². The number of benzene rings is 3. The quantitative estimate of drug-likeness (QED) is 0.229. The molecular formula is C24H20ClF4N5O. The molecule has 35 heavy (non-hydrogen) atoms. The van der Waals surface area contributed by atoms with E-state index >= 15 is 0 Å². The second-order valence-electron chi connectivity index (χ2n) is 7.91. The third-order valence-electron chi connectivity index (χ3n) is 5.36. The van der Waals surface area contributed by atoms with Gasteiger partial charge in [-0.1, -0.05) is 23.7 Å². The van der Waals surface area contributed by atoms with E-state index in [2.05, 4.69) is 26.5 Å². The summed E-state index contributed by atoms with van der Waals surface area (Å²) in [6.07, 6.45) is -0.178. The van der Waals surface area contributed by atoms with E-state index < -0.39 is 29.5 Å². The van der Waals surface area contributed by atoms with E-state index in [9.17, 15) is 22.4 Å². The minimum absolute atomic E-state index is 0.0327. The molecule has 4 N–H and O–H groups in total. The first kappa shape index (κ1) is 24.6. The molecule has 182 valence electrons. The molecule has 0 spiro atoms. The van der Waals surface area contributed by atoms with Crippen LogP contribution >= 0.6 is 11.6 Å². The third kappa shape index (κ3) is 5.97. The summed E-state index contributed by atoms with van der Waals surface area (Å²) in [5.74, 6) is -4.00. The van der Waals surface area contributed by atoms with Crippen LogP contribution in [0.25, 0.3) is 0 Å². The van der Waals surface area contributed by atoms with E-state index in [-0.39, 0.29) is 34.1 Å². The molecule has 1 amide bonds. The van der Waals surface area contributed by atoms with Crippen molar-refractivity contribution in [3.05, 3.63) is 99.6 Å². The monoisotopic (exact) mass is 505 g/mol. The van der Waals surface area contributed by atoms with Crippen LogP contribution in [0.1, 0.15) is 33.9 Å². The van der Waals surface area contributed by atoms with Crippen molar-refractivity contribution in [2.24, 2.45) is 4.99 Å². The first-order chi connectivity index (χ1) is 16.7. The van der Waals surface area contributed by atoms with Crippen LogP contribution in [0.3, 0.4) is 0 Å². The molecule has 6 nitrogen and oxygen atoms in total. The number of aryl methyl sites for hydroxylation is 1. The summed E-state index contributed by atoms with van der Waals surface area (Å²) in [7, 11) is 0. The van der Waals surface area contributed by atoms with Crippen molar-refractivity contribution < 1.29 is 22.4 Å². The van der Waals surface area contributed by atoms with E-state index in [1.54, 1.807) is 19.1 Å². The van der Waals surface area contributed by atoms with Crippen molar-refractivity contribution in [1.29, 1.82) is 0 Å². The zero-order chi connectivity index (χ0) is 25.1. The number of halogens is 5. The van der Waals surface area contributed by atoms with Gasteiger partial charge in [0, 0.05) is 18.0 Å². The second-order valence-corrected chi connectivity index (χ2v) is 8.32. The summed E-state index contributed by atoms with van der Waals surface area (Å²) in [6.45, 7) is 1.67. The third-order valence-corrected chi connectivity index (χ3v) is 5.68. The molecular weight excluding hydrogens is 486 g/mol. The van der Waals surface area contributed by atoms with Crippen LogP contribution in [0.4, 0.5) is 23.2 Å². The Kier molecular flexibility index (Phi) is 7.34. The fraction of sp³-hybridized carbons (Fsp3) is 0.167. The lowest BCUT2D eigenvalue weighted by Gasteiger charge is -2.15. The number of anilines is 1. The van der Waals surface area contributed by atoms with Gasteiger partial charge < -0.3 is 5.32 Å². The van der Waals surface area contributed by atoms with Gasteiger partial charge in [-0.25, -0.2) is 33.4 Å². The molecule has 1 aliphatic heterocycles. The Morgan fingerprint density at radius 1 is 0.971 bits per heavy atom. The number of nitrogens with zero attached hydrogens (tertiary/aromatic N) is 1. The number of hydrogen-bond donors (Lipinski definition) is 4. The maximum Gasteiger partial charge on any atom is 0.258 e. The summed E-state index contributed by atoms with van der Waals surface area (Å²) < 4.78 is 54.3. The summed E-state index contributed by atoms with van der Waals surface area (Å²) in [5.41, 5.74) is 7.32. The molecule has 0 radical (unpaired) electrons. The Morgan fingerprint density at radius 2 is 1.77 bits per heavy atom. The normalized spacial score (nSPS) is 17.9. The van der Waals surface area contributed by atoms with Crippen LogP contribution in [-0.2, 0) is 0 Å². The standard InChI is InChI=1S/C24H20ClF4N5O/c1-12-2-3-13(8-18(12)28)21-11-22(34-33-21)31-24(30-20-7-5-15(26)10-16(20)25)32-23(35)14-4-6-17(27)19(29)9-14/h2-10,21-22,33-34H,11H2,1H3,(H2,30,31,32,35). The highest BCUT2D eigenvalue weighted by molar-refractivity contribution is 6.33. The SMILES string of the molecule is Cc1ccc(C2CC(N=C(NC(=O)c3ccc(F)c(F)c3)Nc3ccc(F)cc3Cl)NN2)cc1F. The van der Waals surface area contributed by atoms with E-state index in [0.717, 1.165) is 24.3 Å². The van der Waals surface area contributed by atoms with E-state index in [1.165, 1.54) is 18.2 Å². The van der Waals surface area contributed by atoms with Crippen LogP contribution in [0.15, 0.2) is 59.6 Å². The average Bonchev–Trinajstić information content (AvgIpc) is 3.27. The smallest absolute Gasteiger partial charge is 0.258 e. The van der Waals surface area contributed by atoms with E-state index in [0.29, 0.717) is 17.5 Å².